The number of halogens is 1. The van der Waals surface area contributed by atoms with E-state index in [-0.39, 0.29) is 11.4 Å². The first-order chi connectivity index (χ1) is 13.5. The van der Waals surface area contributed by atoms with Crippen LogP contribution < -0.4 is 20.9 Å². The van der Waals surface area contributed by atoms with Gasteiger partial charge in [-0.25, -0.2) is 4.98 Å². The van der Waals surface area contributed by atoms with Gasteiger partial charge in [-0.3, -0.25) is 4.79 Å². The summed E-state index contributed by atoms with van der Waals surface area (Å²) in [5.41, 5.74) is 14.6. The van der Waals surface area contributed by atoms with E-state index in [0.717, 1.165) is 17.5 Å². The van der Waals surface area contributed by atoms with E-state index in [1.54, 1.807) is 19.4 Å². The second-order valence-corrected chi connectivity index (χ2v) is 6.42. The SMILES string of the molecule is COc1cc(OC)c(-c2c(CCCCl)ccc3c(N)c(C(N)=O)nnc23)cn1. The summed E-state index contributed by atoms with van der Waals surface area (Å²) in [6, 6.07) is 5.42. The van der Waals surface area contributed by atoms with Gasteiger partial charge in [-0.1, -0.05) is 12.1 Å². The highest BCUT2D eigenvalue weighted by molar-refractivity contribution is 6.17. The van der Waals surface area contributed by atoms with E-state index in [4.69, 9.17) is 32.5 Å². The molecule has 0 atom stereocenters. The monoisotopic (exact) mass is 401 g/mol. The molecular formula is C19H20ClN5O3. The van der Waals surface area contributed by atoms with Crippen LogP contribution in [0.4, 0.5) is 5.69 Å². The number of carbonyl (C=O) groups excluding carboxylic acids is 1. The fourth-order valence-corrected chi connectivity index (χ4v) is 3.20. The number of benzene rings is 1. The highest BCUT2D eigenvalue weighted by Gasteiger charge is 2.20. The summed E-state index contributed by atoms with van der Waals surface area (Å²) in [7, 11) is 3.09. The molecule has 0 aliphatic rings. The molecule has 0 spiro atoms. The molecule has 0 saturated heterocycles. The molecule has 9 heteroatoms. The average Bonchev–Trinajstić information content (AvgIpc) is 2.71. The number of amides is 1. The first-order valence-corrected chi connectivity index (χ1v) is 9.07. The van der Waals surface area contributed by atoms with Crippen LogP contribution in [0, 0.1) is 0 Å². The van der Waals surface area contributed by atoms with Crippen molar-refractivity contribution in [1.82, 2.24) is 15.2 Å². The third-order valence-corrected chi connectivity index (χ3v) is 4.68. The first-order valence-electron chi connectivity index (χ1n) is 8.53. The third kappa shape index (κ3) is 3.50. The number of fused-ring (bicyclic) bond motifs is 1. The van der Waals surface area contributed by atoms with Crippen LogP contribution in [0.3, 0.4) is 0 Å². The molecule has 0 aliphatic heterocycles. The Morgan fingerprint density at radius 1 is 1.21 bits per heavy atom. The van der Waals surface area contributed by atoms with Crippen molar-refractivity contribution in [3.05, 3.63) is 35.7 Å². The summed E-state index contributed by atoms with van der Waals surface area (Å²) in [6.07, 6.45) is 3.13. The number of primary amides is 1. The van der Waals surface area contributed by atoms with Crippen LogP contribution in [-0.2, 0) is 6.42 Å². The molecule has 28 heavy (non-hydrogen) atoms. The van der Waals surface area contributed by atoms with E-state index in [2.05, 4.69) is 15.2 Å². The van der Waals surface area contributed by atoms with Crippen molar-refractivity contribution in [1.29, 1.82) is 0 Å². The van der Waals surface area contributed by atoms with Gasteiger partial charge in [0.15, 0.2) is 5.69 Å². The lowest BCUT2D eigenvalue weighted by molar-refractivity contribution is 0.0996. The topological polar surface area (TPSA) is 126 Å². The number of aryl methyl sites for hydroxylation is 1. The number of rotatable bonds is 7. The summed E-state index contributed by atoms with van der Waals surface area (Å²) in [5.74, 6) is 0.767. The van der Waals surface area contributed by atoms with Gasteiger partial charge in [0.05, 0.1) is 19.9 Å². The Hall–Kier alpha value is -3.13. The Kier molecular flexibility index (Phi) is 5.79. The van der Waals surface area contributed by atoms with E-state index < -0.39 is 5.91 Å². The molecular weight excluding hydrogens is 382 g/mol. The largest absolute Gasteiger partial charge is 0.496 e. The average molecular weight is 402 g/mol. The number of pyridine rings is 1. The molecule has 3 rings (SSSR count). The van der Waals surface area contributed by atoms with E-state index in [0.29, 0.717) is 40.4 Å². The molecule has 0 fully saturated rings. The molecule has 2 aromatic heterocycles. The van der Waals surface area contributed by atoms with Crippen molar-refractivity contribution in [2.75, 3.05) is 25.8 Å². The number of nitrogens with zero attached hydrogens (tertiary/aromatic N) is 3. The fourth-order valence-electron chi connectivity index (χ4n) is 3.07. The smallest absolute Gasteiger partial charge is 0.271 e. The Morgan fingerprint density at radius 3 is 2.64 bits per heavy atom. The second-order valence-electron chi connectivity index (χ2n) is 6.04. The van der Waals surface area contributed by atoms with E-state index in [9.17, 15) is 4.79 Å². The van der Waals surface area contributed by atoms with Crippen molar-refractivity contribution >= 4 is 34.1 Å². The molecule has 0 radical (unpaired) electrons. The minimum Gasteiger partial charge on any atom is -0.496 e. The summed E-state index contributed by atoms with van der Waals surface area (Å²) < 4.78 is 10.7. The number of aromatic nitrogens is 3. The molecule has 0 saturated carbocycles. The summed E-state index contributed by atoms with van der Waals surface area (Å²) >= 11 is 5.89. The first kappa shape index (κ1) is 19.6. The van der Waals surface area contributed by atoms with Crippen molar-refractivity contribution in [3.63, 3.8) is 0 Å². The predicted octanol–water partition coefficient (Wildman–Crippen LogP) is 2.56. The lowest BCUT2D eigenvalue weighted by Crippen LogP contribution is -2.17. The van der Waals surface area contributed by atoms with Crippen LogP contribution in [0.15, 0.2) is 24.4 Å². The highest BCUT2D eigenvalue weighted by atomic mass is 35.5. The molecule has 146 valence electrons. The van der Waals surface area contributed by atoms with E-state index in [1.165, 1.54) is 7.11 Å². The minimum atomic E-state index is -0.733. The summed E-state index contributed by atoms with van der Waals surface area (Å²) in [5, 5.41) is 8.76. The quantitative estimate of drug-likeness (QED) is 0.582. The number of nitrogen functional groups attached to an aromatic ring is 1. The Labute approximate surface area is 166 Å². The molecule has 3 aromatic rings. The maximum absolute atomic E-state index is 11.6. The van der Waals surface area contributed by atoms with Crippen LogP contribution in [-0.4, -0.2) is 41.2 Å². The normalized spacial score (nSPS) is 10.8. The molecule has 4 N–H and O–H groups in total. The molecule has 1 aromatic carbocycles. The standard InChI is InChI=1S/C19H20ClN5O3/c1-27-13-8-14(28-2)23-9-12(13)15-10(4-3-7-20)5-6-11-16(21)18(19(22)26)25-24-17(11)15/h5-6,8-9H,3-4,7H2,1-2H3,(H2,21,24)(H2,22,26). The number of ether oxygens (including phenoxy) is 2. The van der Waals surface area contributed by atoms with Crippen molar-refractivity contribution in [2.45, 2.75) is 12.8 Å². The number of hydrogen-bond acceptors (Lipinski definition) is 7. The predicted molar refractivity (Wildman–Crippen MR) is 108 cm³/mol. The van der Waals surface area contributed by atoms with Gasteiger partial charge in [0, 0.05) is 34.7 Å². The van der Waals surface area contributed by atoms with Gasteiger partial charge in [0.1, 0.15) is 11.3 Å². The highest BCUT2D eigenvalue weighted by Crippen LogP contribution is 2.39. The molecule has 0 aliphatic carbocycles. The van der Waals surface area contributed by atoms with Crippen LogP contribution in [0.5, 0.6) is 11.6 Å². The fraction of sp³-hybridized carbons (Fsp3) is 0.263. The van der Waals surface area contributed by atoms with Gasteiger partial charge in [0.25, 0.3) is 5.91 Å². The van der Waals surface area contributed by atoms with Gasteiger partial charge in [-0.2, -0.15) is 0 Å². The maximum atomic E-state index is 11.6. The number of carbonyl (C=O) groups is 1. The molecule has 0 unspecified atom stereocenters. The summed E-state index contributed by atoms with van der Waals surface area (Å²) in [6.45, 7) is 0. The molecule has 0 bridgehead atoms. The van der Waals surface area contributed by atoms with Crippen molar-refractivity contribution < 1.29 is 14.3 Å². The second kappa shape index (κ2) is 8.26. The third-order valence-electron chi connectivity index (χ3n) is 4.41. The van der Waals surface area contributed by atoms with Crippen molar-refractivity contribution in [2.24, 2.45) is 5.73 Å². The number of methoxy groups -OCH3 is 2. The minimum absolute atomic E-state index is 0.0632. The van der Waals surface area contributed by atoms with Crippen LogP contribution in [0.1, 0.15) is 22.5 Å². The number of hydrogen-bond donors (Lipinski definition) is 2. The Morgan fingerprint density at radius 2 is 2.00 bits per heavy atom. The van der Waals surface area contributed by atoms with Crippen LogP contribution in [0.2, 0.25) is 0 Å². The van der Waals surface area contributed by atoms with Gasteiger partial charge >= 0.3 is 0 Å². The lowest BCUT2D eigenvalue weighted by Gasteiger charge is -2.16. The number of alkyl halides is 1. The molecule has 1 amide bonds. The van der Waals surface area contributed by atoms with Gasteiger partial charge in [-0.15, -0.1) is 21.8 Å². The zero-order valence-corrected chi connectivity index (χ0v) is 16.3. The van der Waals surface area contributed by atoms with E-state index in [1.807, 2.05) is 12.1 Å². The Bertz CT molecular complexity index is 1040. The van der Waals surface area contributed by atoms with Gasteiger partial charge in [0.2, 0.25) is 5.88 Å². The van der Waals surface area contributed by atoms with E-state index >= 15 is 0 Å². The maximum Gasteiger partial charge on any atom is 0.271 e. The molecule has 2 heterocycles. The zero-order valence-electron chi connectivity index (χ0n) is 15.5. The van der Waals surface area contributed by atoms with Gasteiger partial charge < -0.3 is 20.9 Å². The Balaban J connectivity index is 2.34. The van der Waals surface area contributed by atoms with Crippen molar-refractivity contribution in [3.8, 4) is 22.8 Å². The summed E-state index contributed by atoms with van der Waals surface area (Å²) in [4.78, 5) is 15.9. The lowest BCUT2D eigenvalue weighted by atomic mass is 9.93. The van der Waals surface area contributed by atoms with Crippen LogP contribution >= 0.6 is 11.6 Å². The van der Waals surface area contributed by atoms with Gasteiger partial charge in [-0.05, 0) is 18.4 Å². The van der Waals surface area contributed by atoms with Crippen LogP contribution in [0.25, 0.3) is 22.0 Å². The molecule has 8 nitrogen and oxygen atoms in total. The zero-order chi connectivity index (χ0) is 20.3. The number of nitrogens with two attached hydrogens (primary N) is 2. The number of anilines is 1.